The van der Waals surface area contributed by atoms with Gasteiger partial charge in [-0.1, -0.05) is 221 Å². The van der Waals surface area contributed by atoms with Crippen LogP contribution in [0.3, 0.4) is 0 Å². The van der Waals surface area contributed by atoms with Crippen LogP contribution < -0.4 is 4.90 Å². The number of fused-ring (bicyclic) bond motifs is 6. The molecule has 338 valence electrons. The first-order valence-corrected chi connectivity index (χ1v) is 25.2. The average molecular weight is 900 g/mol. The van der Waals surface area contributed by atoms with E-state index in [0.29, 0.717) is 0 Å². The third kappa shape index (κ3) is 6.10. The van der Waals surface area contributed by atoms with E-state index in [0.717, 1.165) is 0 Å². The molecule has 0 amide bonds. The molecule has 0 radical (unpaired) electrons. The standard InChI is InChI=1S/C69H57N/c1-45-41-61(50-18-8-7-9-19-50)69(6)60-25-14-15-26-63(60)70(68(5)40-39-67(4,64(45)65(68)69)55-35-38-58-57-23-12-13-24-59(57)66(2,3)62(58)44-55)56-36-33-48(34-37-56)47-27-29-49(30-28-47)52-21-16-22-53(42-52)54-32-31-46-17-10-11-20-51(46)43-54/h7-45H,1-6H3. The summed E-state index contributed by atoms with van der Waals surface area (Å²) in [5.74, 6) is 0.185. The fraction of sp³-hybridized carbons (Fsp3) is 0.159. The van der Waals surface area contributed by atoms with E-state index in [1.807, 2.05) is 0 Å². The molecule has 4 unspecified atom stereocenters. The molecule has 1 nitrogen and oxygen atoms in total. The van der Waals surface area contributed by atoms with E-state index >= 15 is 0 Å². The van der Waals surface area contributed by atoms with Crippen molar-refractivity contribution < 1.29 is 0 Å². The summed E-state index contributed by atoms with van der Waals surface area (Å²) in [7, 11) is 0. The SMILES string of the molecule is CC1C=C(c2ccccc2)C2(C)C3=C1C(C)(c1ccc4c(c1)C(C)(C)c1ccccc1-4)C=CC3(C)N(c1ccc(-c3ccc(-c4cccc(-c5ccc6ccccc6c5)c4)cc3)cc1)c1ccccc12. The number of allylic oxidation sites excluding steroid dienone is 4. The summed E-state index contributed by atoms with van der Waals surface area (Å²) >= 11 is 0. The summed E-state index contributed by atoms with van der Waals surface area (Å²) in [5, 5.41) is 2.53. The number of hydrogen-bond donors (Lipinski definition) is 0. The normalized spacial score (nSPS) is 22.5. The molecular formula is C69H57N. The molecule has 4 aliphatic rings. The molecule has 0 fully saturated rings. The van der Waals surface area contributed by atoms with Gasteiger partial charge in [0.15, 0.2) is 0 Å². The van der Waals surface area contributed by atoms with Gasteiger partial charge in [-0.3, -0.25) is 0 Å². The van der Waals surface area contributed by atoms with Crippen molar-refractivity contribution >= 4 is 27.7 Å². The molecule has 0 spiro atoms. The van der Waals surface area contributed by atoms with Gasteiger partial charge >= 0.3 is 0 Å². The Morgan fingerprint density at radius 3 is 1.74 bits per heavy atom. The summed E-state index contributed by atoms with van der Waals surface area (Å²) in [6.07, 6.45) is 7.73. The van der Waals surface area contributed by atoms with Crippen molar-refractivity contribution in [2.75, 3.05) is 4.90 Å². The number of anilines is 2. The number of hydrogen-bond acceptors (Lipinski definition) is 1. The van der Waals surface area contributed by atoms with Gasteiger partial charge in [0.1, 0.15) is 0 Å². The molecule has 13 rings (SSSR count). The van der Waals surface area contributed by atoms with Gasteiger partial charge in [-0.25, -0.2) is 0 Å². The van der Waals surface area contributed by atoms with Crippen molar-refractivity contribution in [3.8, 4) is 44.5 Å². The molecule has 1 aliphatic heterocycles. The second kappa shape index (κ2) is 15.4. The van der Waals surface area contributed by atoms with Crippen molar-refractivity contribution in [3.05, 3.63) is 270 Å². The third-order valence-corrected chi connectivity index (χ3v) is 17.0. The van der Waals surface area contributed by atoms with Crippen molar-refractivity contribution in [2.24, 2.45) is 5.92 Å². The van der Waals surface area contributed by atoms with Crippen molar-refractivity contribution in [1.29, 1.82) is 0 Å². The highest BCUT2D eigenvalue weighted by Crippen LogP contribution is 2.66. The summed E-state index contributed by atoms with van der Waals surface area (Å²) in [4.78, 5) is 2.65. The Morgan fingerprint density at radius 1 is 0.414 bits per heavy atom. The molecule has 0 saturated heterocycles. The van der Waals surface area contributed by atoms with E-state index < -0.39 is 11.0 Å². The maximum atomic E-state index is 2.65. The first-order valence-electron chi connectivity index (χ1n) is 25.2. The van der Waals surface area contributed by atoms with Gasteiger partial charge in [0.05, 0.1) is 5.54 Å². The highest BCUT2D eigenvalue weighted by atomic mass is 15.2. The van der Waals surface area contributed by atoms with Gasteiger partial charge in [0.25, 0.3) is 0 Å². The van der Waals surface area contributed by atoms with Crippen LogP contribution >= 0.6 is 0 Å². The summed E-state index contributed by atoms with van der Waals surface area (Å²) in [6.45, 7) is 14.7. The average Bonchev–Trinajstić information content (AvgIpc) is 3.64. The Morgan fingerprint density at radius 2 is 0.986 bits per heavy atom. The van der Waals surface area contributed by atoms with Gasteiger partial charge in [-0.2, -0.15) is 0 Å². The Labute approximate surface area is 413 Å². The number of para-hydroxylation sites is 1. The number of benzene rings is 9. The molecule has 9 aromatic carbocycles. The molecule has 1 heterocycles. The van der Waals surface area contributed by atoms with E-state index in [9.17, 15) is 0 Å². The van der Waals surface area contributed by atoms with Crippen LogP contribution in [0.4, 0.5) is 11.4 Å². The topological polar surface area (TPSA) is 3.24 Å². The third-order valence-electron chi connectivity index (χ3n) is 17.0. The molecule has 3 aliphatic carbocycles. The van der Waals surface area contributed by atoms with Gasteiger partial charge < -0.3 is 4.90 Å². The fourth-order valence-corrected chi connectivity index (χ4v) is 13.5. The Hall–Kier alpha value is -7.74. The predicted molar refractivity (Wildman–Crippen MR) is 296 cm³/mol. The Kier molecular flexibility index (Phi) is 9.31. The maximum Gasteiger partial charge on any atom is 0.0833 e. The quantitative estimate of drug-likeness (QED) is 0.150. The fourth-order valence-electron chi connectivity index (χ4n) is 13.5. The molecule has 1 heteroatoms. The predicted octanol–water partition coefficient (Wildman–Crippen LogP) is 17.9. The molecule has 0 saturated carbocycles. The van der Waals surface area contributed by atoms with Crippen LogP contribution in [0.15, 0.2) is 242 Å². The van der Waals surface area contributed by atoms with Crippen LogP contribution in [0.5, 0.6) is 0 Å². The molecule has 0 aromatic heterocycles. The molecule has 0 N–H and O–H groups in total. The van der Waals surface area contributed by atoms with Crippen LogP contribution in [-0.2, 0) is 16.2 Å². The van der Waals surface area contributed by atoms with Crippen molar-refractivity contribution in [2.45, 2.75) is 63.3 Å². The second-order valence-electron chi connectivity index (χ2n) is 21.4. The minimum absolute atomic E-state index is 0.0876. The summed E-state index contributed by atoms with van der Waals surface area (Å²) in [5.41, 5.74) is 22.4. The highest BCUT2D eigenvalue weighted by molar-refractivity contribution is 5.93. The molecular weight excluding hydrogens is 843 g/mol. The molecule has 0 bridgehead atoms. The van der Waals surface area contributed by atoms with Crippen LogP contribution in [0.2, 0.25) is 0 Å². The maximum absolute atomic E-state index is 2.65. The monoisotopic (exact) mass is 899 g/mol. The number of nitrogens with zero attached hydrogens (tertiary/aromatic N) is 1. The van der Waals surface area contributed by atoms with Gasteiger partial charge in [-0.15, -0.1) is 0 Å². The minimum atomic E-state index is -0.475. The lowest BCUT2D eigenvalue weighted by Crippen LogP contribution is -2.58. The van der Waals surface area contributed by atoms with Crippen molar-refractivity contribution in [1.82, 2.24) is 0 Å². The van der Waals surface area contributed by atoms with E-state index in [4.69, 9.17) is 0 Å². The van der Waals surface area contributed by atoms with Crippen LogP contribution in [0.1, 0.15) is 69.4 Å². The zero-order chi connectivity index (χ0) is 47.6. The molecule has 4 atom stereocenters. The lowest BCUT2D eigenvalue weighted by Gasteiger charge is -2.61. The zero-order valence-corrected chi connectivity index (χ0v) is 41.0. The van der Waals surface area contributed by atoms with E-state index in [1.165, 1.54) is 111 Å². The number of rotatable bonds is 6. The van der Waals surface area contributed by atoms with Gasteiger partial charge in [0, 0.05) is 27.6 Å². The van der Waals surface area contributed by atoms with Crippen LogP contribution in [0.25, 0.3) is 60.9 Å². The zero-order valence-electron chi connectivity index (χ0n) is 41.0. The van der Waals surface area contributed by atoms with Crippen LogP contribution in [0, 0.1) is 5.92 Å². The first kappa shape index (κ1) is 42.4. The second-order valence-corrected chi connectivity index (χ2v) is 21.4. The van der Waals surface area contributed by atoms with Gasteiger partial charge in [-0.05, 0) is 157 Å². The lowest BCUT2D eigenvalue weighted by atomic mass is 9.49. The van der Waals surface area contributed by atoms with E-state index in [1.54, 1.807) is 0 Å². The van der Waals surface area contributed by atoms with Crippen LogP contribution in [-0.4, -0.2) is 5.54 Å². The Balaban J connectivity index is 0.903. The van der Waals surface area contributed by atoms with Gasteiger partial charge in [0.2, 0.25) is 0 Å². The lowest BCUT2D eigenvalue weighted by molar-refractivity contribution is 0.449. The Bertz CT molecular complexity index is 3680. The first-order chi connectivity index (χ1) is 34.0. The smallest absolute Gasteiger partial charge is 0.0833 e. The van der Waals surface area contributed by atoms with Crippen molar-refractivity contribution in [3.63, 3.8) is 0 Å². The van der Waals surface area contributed by atoms with E-state index in [2.05, 4.69) is 277 Å². The molecule has 70 heavy (non-hydrogen) atoms. The summed E-state index contributed by atoms with van der Waals surface area (Å²) in [6, 6.07) is 79.5. The van der Waals surface area contributed by atoms with E-state index in [-0.39, 0.29) is 16.7 Å². The molecule has 9 aromatic rings. The minimum Gasteiger partial charge on any atom is -0.328 e. The largest absolute Gasteiger partial charge is 0.328 e. The summed E-state index contributed by atoms with van der Waals surface area (Å²) < 4.78 is 0. The highest BCUT2D eigenvalue weighted by Gasteiger charge is 2.59.